The van der Waals surface area contributed by atoms with Gasteiger partial charge in [0.05, 0.1) is 18.9 Å². The quantitative estimate of drug-likeness (QED) is 0.580. The number of likely N-dealkylation sites (N-methyl/N-ethyl adjacent to an activating group) is 1. The van der Waals surface area contributed by atoms with Crippen LogP contribution in [0.15, 0.2) is 23.1 Å². The molecule has 1 aromatic rings. The average Bonchev–Trinajstić information content (AvgIpc) is 3.28. The third kappa shape index (κ3) is 4.72. The Balaban J connectivity index is 1.62. The van der Waals surface area contributed by atoms with Crippen molar-refractivity contribution in [2.75, 3.05) is 58.8 Å². The van der Waals surface area contributed by atoms with Crippen LogP contribution in [0.5, 0.6) is 0 Å². The molecule has 4 rings (SSSR count). The van der Waals surface area contributed by atoms with Crippen LogP contribution in [0.3, 0.4) is 0 Å². The van der Waals surface area contributed by atoms with Gasteiger partial charge in [0.1, 0.15) is 4.90 Å². The molecule has 0 aromatic heterocycles. The first-order valence-corrected chi connectivity index (χ1v) is 13.8. The predicted molar refractivity (Wildman–Crippen MR) is 134 cm³/mol. The molecule has 3 atom stereocenters. The fourth-order valence-electron chi connectivity index (χ4n) is 6.24. The first-order chi connectivity index (χ1) is 15.9. The van der Waals surface area contributed by atoms with Crippen molar-refractivity contribution in [3.8, 4) is 0 Å². The van der Waals surface area contributed by atoms with E-state index in [1.807, 2.05) is 19.0 Å². The Bertz CT molecular complexity index is 1010. The van der Waals surface area contributed by atoms with Gasteiger partial charge in [-0.3, -0.25) is 4.79 Å². The van der Waals surface area contributed by atoms with Gasteiger partial charge in [0.15, 0.2) is 0 Å². The van der Waals surface area contributed by atoms with Crippen LogP contribution in [0.25, 0.3) is 0 Å². The number of anilines is 1. The van der Waals surface area contributed by atoms with Crippen LogP contribution < -0.4 is 10.6 Å². The van der Waals surface area contributed by atoms with Gasteiger partial charge in [-0.15, -0.1) is 0 Å². The molecule has 8 nitrogen and oxygen atoms in total. The summed E-state index contributed by atoms with van der Waals surface area (Å²) in [6, 6.07) is 5.07. The number of rotatable bonds is 8. The molecular formula is C25H40N4O4S. The molecule has 3 fully saturated rings. The minimum atomic E-state index is -3.77. The highest BCUT2D eigenvalue weighted by Gasteiger charge is 2.59. The largest absolute Gasteiger partial charge is 0.383 e. The Morgan fingerprint density at radius 3 is 2.53 bits per heavy atom. The smallest absolute Gasteiger partial charge is 0.251 e. The van der Waals surface area contributed by atoms with Crippen molar-refractivity contribution in [1.29, 1.82) is 0 Å². The lowest BCUT2D eigenvalue weighted by Gasteiger charge is -2.43. The van der Waals surface area contributed by atoms with Crippen LogP contribution in [-0.2, 0) is 14.8 Å². The van der Waals surface area contributed by atoms with E-state index in [4.69, 9.17) is 4.74 Å². The number of hydrogen-bond donors (Lipinski definition) is 2. The topological polar surface area (TPSA) is 91.0 Å². The number of carbonyl (C=O) groups is 1. The molecule has 9 heteroatoms. The molecule has 1 unspecified atom stereocenters. The first kappa shape index (κ1) is 25.4. The highest BCUT2D eigenvalue weighted by atomic mass is 32.2. The summed E-state index contributed by atoms with van der Waals surface area (Å²) < 4.78 is 33.9. The zero-order valence-electron chi connectivity index (χ0n) is 21.2. The second-order valence-corrected chi connectivity index (χ2v) is 13.2. The number of ether oxygens (including phenoxy) is 1. The normalized spacial score (nSPS) is 28.9. The lowest BCUT2D eigenvalue weighted by atomic mass is 9.68. The summed E-state index contributed by atoms with van der Waals surface area (Å²) in [6.45, 7) is 9.50. The summed E-state index contributed by atoms with van der Waals surface area (Å²) in [6.07, 6.45) is 3.47. The molecule has 1 saturated heterocycles. The average molecular weight is 493 g/mol. The van der Waals surface area contributed by atoms with Crippen LogP contribution in [0.4, 0.5) is 5.69 Å². The minimum absolute atomic E-state index is 0.0268. The molecule has 2 N–H and O–H groups in total. The van der Waals surface area contributed by atoms with Gasteiger partial charge in [0, 0.05) is 37.8 Å². The number of carbonyl (C=O) groups excluding carboxylic acids is 1. The molecule has 1 amide bonds. The molecule has 1 heterocycles. The van der Waals surface area contributed by atoms with Gasteiger partial charge in [-0.25, -0.2) is 8.42 Å². The molecule has 190 valence electrons. The van der Waals surface area contributed by atoms with E-state index in [9.17, 15) is 13.2 Å². The van der Waals surface area contributed by atoms with Crippen molar-refractivity contribution < 1.29 is 17.9 Å². The molecular weight excluding hydrogens is 452 g/mol. The highest BCUT2D eigenvalue weighted by molar-refractivity contribution is 7.89. The van der Waals surface area contributed by atoms with Gasteiger partial charge < -0.3 is 20.3 Å². The molecule has 1 aromatic carbocycles. The predicted octanol–water partition coefficient (Wildman–Crippen LogP) is 2.63. The maximum atomic E-state index is 13.6. The summed E-state index contributed by atoms with van der Waals surface area (Å²) in [5.74, 6) is 0.411. The van der Waals surface area contributed by atoms with Gasteiger partial charge in [-0.1, -0.05) is 20.8 Å². The van der Waals surface area contributed by atoms with Gasteiger partial charge in [-0.2, -0.15) is 4.31 Å². The van der Waals surface area contributed by atoms with E-state index in [2.05, 4.69) is 31.4 Å². The Kier molecular flexibility index (Phi) is 7.03. The molecule has 2 aliphatic carbocycles. The number of nitrogens with zero attached hydrogens (tertiary/aromatic N) is 2. The molecule has 34 heavy (non-hydrogen) atoms. The van der Waals surface area contributed by atoms with Crippen molar-refractivity contribution in [2.24, 2.45) is 16.7 Å². The third-order valence-corrected chi connectivity index (χ3v) is 10.2. The highest BCUT2D eigenvalue weighted by Crippen LogP contribution is 2.62. The standard InChI is InChI=1S/C25H40N4O4S/c1-24(2)19-8-9-25(3,17-19)23(24)27-22(30)18-6-7-20(26-10-11-28(4)5)21(16-18)34(31,32)29-12-14-33-15-13-29/h6-7,16,19,23,26H,8-15,17H2,1-5H3,(H,27,30)/t19-,23?,25-/m0/s1. The van der Waals surface area contributed by atoms with Gasteiger partial charge >= 0.3 is 0 Å². The van der Waals surface area contributed by atoms with E-state index < -0.39 is 10.0 Å². The van der Waals surface area contributed by atoms with E-state index in [0.717, 1.165) is 19.4 Å². The SMILES string of the molecule is CN(C)CCNc1ccc(C(=O)NC2C(C)(C)[C@H]3CC[C@@]2(C)C3)cc1S(=O)(=O)N1CCOCC1. The number of amides is 1. The maximum Gasteiger partial charge on any atom is 0.251 e. The number of fused-ring (bicyclic) bond motifs is 2. The molecule has 1 aliphatic heterocycles. The van der Waals surface area contributed by atoms with Crippen LogP contribution in [-0.4, -0.2) is 83.1 Å². The summed E-state index contributed by atoms with van der Waals surface area (Å²) in [4.78, 5) is 15.6. The van der Waals surface area contributed by atoms with Crippen LogP contribution in [0.2, 0.25) is 0 Å². The number of nitrogens with one attached hydrogen (secondary N) is 2. The molecule has 0 radical (unpaired) electrons. The van der Waals surface area contributed by atoms with Gasteiger partial charge in [0.2, 0.25) is 10.0 Å². The third-order valence-electron chi connectivity index (χ3n) is 8.25. The lowest BCUT2D eigenvalue weighted by Crippen LogP contribution is -2.52. The van der Waals surface area contributed by atoms with Crippen LogP contribution in [0.1, 0.15) is 50.4 Å². The zero-order chi connectivity index (χ0) is 24.7. The van der Waals surface area contributed by atoms with Crippen molar-refractivity contribution in [1.82, 2.24) is 14.5 Å². The van der Waals surface area contributed by atoms with Crippen molar-refractivity contribution in [3.63, 3.8) is 0 Å². The number of sulfonamides is 1. The monoisotopic (exact) mass is 492 g/mol. The zero-order valence-corrected chi connectivity index (χ0v) is 22.0. The Morgan fingerprint density at radius 1 is 1.21 bits per heavy atom. The van der Waals surface area contributed by atoms with Crippen LogP contribution in [0, 0.1) is 16.7 Å². The molecule has 0 spiro atoms. The number of benzene rings is 1. The van der Waals surface area contributed by atoms with Crippen molar-refractivity contribution in [2.45, 2.75) is 51.0 Å². The molecule has 3 aliphatic rings. The van der Waals surface area contributed by atoms with E-state index >= 15 is 0 Å². The summed E-state index contributed by atoms with van der Waals surface area (Å²) in [5, 5.41) is 6.56. The number of morpholine rings is 1. The molecule has 2 saturated carbocycles. The van der Waals surface area contributed by atoms with Gasteiger partial charge in [-0.05, 0) is 68.3 Å². The second-order valence-electron chi connectivity index (χ2n) is 11.3. The lowest BCUT2D eigenvalue weighted by molar-refractivity contribution is 0.0729. The van der Waals surface area contributed by atoms with E-state index in [1.165, 1.54) is 10.7 Å². The fraction of sp³-hybridized carbons (Fsp3) is 0.720. The van der Waals surface area contributed by atoms with Crippen molar-refractivity contribution >= 4 is 21.6 Å². The first-order valence-electron chi connectivity index (χ1n) is 12.4. The van der Waals surface area contributed by atoms with Gasteiger partial charge in [0.25, 0.3) is 5.91 Å². The Morgan fingerprint density at radius 2 is 1.91 bits per heavy atom. The van der Waals surface area contributed by atoms with E-state index in [-0.39, 0.29) is 27.7 Å². The Hall–Kier alpha value is -1.68. The molecule has 2 bridgehead atoms. The minimum Gasteiger partial charge on any atom is -0.383 e. The van der Waals surface area contributed by atoms with Crippen LogP contribution >= 0.6 is 0 Å². The van der Waals surface area contributed by atoms with E-state index in [1.54, 1.807) is 18.2 Å². The summed E-state index contributed by atoms with van der Waals surface area (Å²) >= 11 is 0. The number of hydrogen-bond acceptors (Lipinski definition) is 6. The van der Waals surface area contributed by atoms with E-state index in [0.29, 0.717) is 50.0 Å². The summed E-state index contributed by atoms with van der Waals surface area (Å²) in [5.41, 5.74) is 1.03. The Labute approximate surface area is 204 Å². The maximum absolute atomic E-state index is 13.6. The second kappa shape index (κ2) is 9.41. The fourth-order valence-corrected chi connectivity index (χ4v) is 7.84. The summed E-state index contributed by atoms with van der Waals surface area (Å²) in [7, 11) is 0.168. The van der Waals surface area contributed by atoms with Crippen molar-refractivity contribution in [3.05, 3.63) is 23.8 Å².